The molecule has 0 spiro atoms. The maximum atomic E-state index is 10.7. The van der Waals surface area contributed by atoms with Gasteiger partial charge in [-0.2, -0.15) is 0 Å². The fourth-order valence-electron chi connectivity index (χ4n) is 0.526. The molecule has 0 rings (SSSR count). The summed E-state index contributed by atoms with van der Waals surface area (Å²) in [5, 5.41) is 0. The van der Waals surface area contributed by atoms with E-state index in [1.54, 1.807) is 6.92 Å². The van der Waals surface area contributed by atoms with Crippen molar-refractivity contribution in [3.8, 4) is 0 Å². The van der Waals surface area contributed by atoms with Crippen LogP contribution < -0.4 is 0 Å². The summed E-state index contributed by atoms with van der Waals surface area (Å²) in [6.45, 7) is 8.27. The van der Waals surface area contributed by atoms with Gasteiger partial charge in [0, 0.05) is 6.92 Å². The molecule has 0 aliphatic carbocycles. The molecule has 0 bridgehead atoms. The van der Waals surface area contributed by atoms with Crippen LogP contribution in [0.2, 0.25) is 0 Å². The second kappa shape index (κ2) is 5.23. The van der Waals surface area contributed by atoms with E-state index in [1.165, 1.54) is 13.4 Å². The van der Waals surface area contributed by atoms with E-state index in [0.717, 1.165) is 0 Å². The zero-order chi connectivity index (χ0) is 9.56. The molecular formula is C8H12O4. The van der Waals surface area contributed by atoms with Crippen molar-refractivity contribution >= 4 is 5.97 Å². The first-order valence-corrected chi connectivity index (χ1v) is 3.32. The maximum absolute atomic E-state index is 10.7. The molecule has 4 heteroatoms. The summed E-state index contributed by atoms with van der Waals surface area (Å²) in [5.74, 6) is -0.707. The molecule has 0 N–H and O–H groups in total. The lowest BCUT2D eigenvalue weighted by molar-refractivity contribution is -0.146. The number of methoxy groups -OCH3 is 1. The zero-order valence-corrected chi connectivity index (χ0v) is 7.20. The van der Waals surface area contributed by atoms with Gasteiger partial charge in [0.1, 0.15) is 0 Å². The Morgan fingerprint density at radius 2 is 2.17 bits per heavy atom. The van der Waals surface area contributed by atoms with Crippen LogP contribution in [0.1, 0.15) is 6.92 Å². The number of rotatable bonds is 5. The number of ether oxygens (including phenoxy) is 3. The Hall–Kier alpha value is -1.45. The third-order valence-corrected chi connectivity index (χ3v) is 1.01. The minimum atomic E-state index is -0.616. The summed E-state index contributed by atoms with van der Waals surface area (Å²) in [4.78, 5) is 10.7. The van der Waals surface area contributed by atoms with Gasteiger partial charge in [-0.05, 0) is 6.58 Å². The van der Waals surface area contributed by atoms with Gasteiger partial charge in [0.15, 0.2) is 0 Å². The van der Waals surface area contributed by atoms with Crippen LogP contribution in [-0.4, -0.2) is 19.4 Å². The minimum absolute atomic E-state index is 0.0909. The Bertz CT molecular complexity index is 185. The Morgan fingerprint density at radius 1 is 1.58 bits per heavy atom. The summed E-state index contributed by atoms with van der Waals surface area (Å²) in [7, 11) is 1.25. The zero-order valence-electron chi connectivity index (χ0n) is 7.20. The molecule has 4 nitrogen and oxygen atoms in total. The Labute approximate surface area is 71.4 Å². The SMILES string of the molecule is C=COC(C)OC(=C)C(=O)OC. The molecule has 0 saturated carbocycles. The second-order valence-electron chi connectivity index (χ2n) is 1.90. The van der Waals surface area contributed by atoms with Crippen LogP contribution in [0.3, 0.4) is 0 Å². The molecule has 1 unspecified atom stereocenters. The number of hydrogen-bond acceptors (Lipinski definition) is 4. The van der Waals surface area contributed by atoms with Crippen molar-refractivity contribution in [3.05, 3.63) is 25.2 Å². The van der Waals surface area contributed by atoms with Gasteiger partial charge in [-0.1, -0.05) is 6.58 Å². The molecule has 68 valence electrons. The van der Waals surface area contributed by atoms with Crippen molar-refractivity contribution in [3.63, 3.8) is 0 Å². The highest BCUT2D eigenvalue weighted by molar-refractivity contribution is 5.85. The van der Waals surface area contributed by atoms with Gasteiger partial charge in [-0.3, -0.25) is 0 Å². The van der Waals surface area contributed by atoms with E-state index >= 15 is 0 Å². The highest BCUT2D eigenvalue weighted by Gasteiger charge is 2.11. The largest absolute Gasteiger partial charge is 0.463 e. The summed E-state index contributed by atoms with van der Waals surface area (Å²) in [6, 6.07) is 0. The van der Waals surface area contributed by atoms with Gasteiger partial charge in [0.2, 0.25) is 12.0 Å². The molecular weight excluding hydrogens is 160 g/mol. The highest BCUT2D eigenvalue weighted by atomic mass is 16.7. The number of hydrogen-bond donors (Lipinski definition) is 0. The maximum Gasteiger partial charge on any atom is 0.372 e. The van der Waals surface area contributed by atoms with Gasteiger partial charge in [-0.25, -0.2) is 4.79 Å². The first-order valence-electron chi connectivity index (χ1n) is 3.32. The van der Waals surface area contributed by atoms with Crippen molar-refractivity contribution in [1.82, 2.24) is 0 Å². The number of esters is 1. The number of carbonyl (C=O) groups excluding carboxylic acids is 1. The van der Waals surface area contributed by atoms with E-state index in [-0.39, 0.29) is 5.76 Å². The summed E-state index contributed by atoms with van der Waals surface area (Å²) < 4.78 is 14.0. The molecule has 0 radical (unpaired) electrons. The summed E-state index contributed by atoms with van der Waals surface area (Å²) in [5.41, 5.74) is 0. The van der Waals surface area contributed by atoms with Gasteiger partial charge in [0.25, 0.3) is 0 Å². The molecule has 0 aromatic carbocycles. The number of carbonyl (C=O) groups is 1. The van der Waals surface area contributed by atoms with Crippen molar-refractivity contribution < 1.29 is 19.0 Å². The Kier molecular flexibility index (Phi) is 4.60. The van der Waals surface area contributed by atoms with E-state index in [1.807, 2.05) is 0 Å². The van der Waals surface area contributed by atoms with Gasteiger partial charge < -0.3 is 14.2 Å². The predicted molar refractivity (Wildman–Crippen MR) is 43.0 cm³/mol. The third kappa shape index (κ3) is 3.65. The molecule has 0 fully saturated rings. The van der Waals surface area contributed by atoms with E-state index < -0.39 is 12.3 Å². The summed E-state index contributed by atoms with van der Waals surface area (Å²) >= 11 is 0. The molecule has 0 aromatic rings. The van der Waals surface area contributed by atoms with Crippen LogP contribution in [0.25, 0.3) is 0 Å². The molecule has 0 amide bonds. The van der Waals surface area contributed by atoms with Gasteiger partial charge in [0.05, 0.1) is 13.4 Å². The van der Waals surface area contributed by atoms with Crippen LogP contribution in [0.15, 0.2) is 25.2 Å². The van der Waals surface area contributed by atoms with Crippen molar-refractivity contribution in [1.29, 1.82) is 0 Å². The molecule has 0 aliphatic heterocycles. The molecule has 1 atom stereocenters. The Morgan fingerprint density at radius 3 is 2.58 bits per heavy atom. The third-order valence-electron chi connectivity index (χ3n) is 1.01. The standard InChI is InChI=1S/C8H12O4/c1-5-11-7(3)12-6(2)8(9)10-4/h5,7H,1-2H2,3-4H3. The average Bonchev–Trinajstić information content (AvgIpc) is 2.03. The van der Waals surface area contributed by atoms with Crippen LogP contribution >= 0.6 is 0 Å². The smallest absolute Gasteiger partial charge is 0.372 e. The lowest BCUT2D eigenvalue weighted by Crippen LogP contribution is -2.15. The second-order valence-corrected chi connectivity index (χ2v) is 1.90. The quantitative estimate of drug-likeness (QED) is 0.270. The Balaban J connectivity index is 3.83. The molecule has 12 heavy (non-hydrogen) atoms. The molecule has 0 aliphatic rings. The van der Waals surface area contributed by atoms with Crippen molar-refractivity contribution in [2.24, 2.45) is 0 Å². The predicted octanol–water partition coefficient (Wildman–Crippen LogP) is 1.20. The van der Waals surface area contributed by atoms with Gasteiger partial charge in [-0.15, -0.1) is 0 Å². The minimum Gasteiger partial charge on any atom is -0.463 e. The van der Waals surface area contributed by atoms with E-state index in [4.69, 9.17) is 9.47 Å². The lowest BCUT2D eigenvalue weighted by Gasteiger charge is -2.13. The first kappa shape index (κ1) is 10.6. The van der Waals surface area contributed by atoms with E-state index in [2.05, 4.69) is 17.9 Å². The fraction of sp³-hybridized carbons (Fsp3) is 0.375. The molecule has 0 aromatic heterocycles. The van der Waals surface area contributed by atoms with Crippen LogP contribution in [0.5, 0.6) is 0 Å². The lowest BCUT2D eigenvalue weighted by atomic mass is 10.5. The first-order chi connectivity index (χ1) is 5.61. The highest BCUT2D eigenvalue weighted by Crippen LogP contribution is 2.03. The van der Waals surface area contributed by atoms with Crippen molar-refractivity contribution in [2.75, 3.05) is 7.11 Å². The topological polar surface area (TPSA) is 44.8 Å². The summed E-state index contributed by atoms with van der Waals surface area (Å²) in [6.07, 6.45) is 0.629. The van der Waals surface area contributed by atoms with Crippen LogP contribution in [-0.2, 0) is 19.0 Å². The fourth-order valence-corrected chi connectivity index (χ4v) is 0.526. The monoisotopic (exact) mass is 172 g/mol. The normalized spacial score (nSPS) is 11.2. The van der Waals surface area contributed by atoms with E-state index in [0.29, 0.717) is 0 Å². The van der Waals surface area contributed by atoms with Crippen LogP contribution in [0, 0.1) is 0 Å². The van der Waals surface area contributed by atoms with Crippen molar-refractivity contribution in [2.45, 2.75) is 13.2 Å². The van der Waals surface area contributed by atoms with Crippen LogP contribution in [0.4, 0.5) is 0 Å². The van der Waals surface area contributed by atoms with E-state index in [9.17, 15) is 4.79 Å². The average molecular weight is 172 g/mol. The molecule has 0 heterocycles. The van der Waals surface area contributed by atoms with Gasteiger partial charge >= 0.3 is 5.97 Å². The molecule has 0 saturated heterocycles.